The van der Waals surface area contributed by atoms with Crippen LogP contribution in [0.4, 0.5) is 0 Å². The molecule has 0 aromatic carbocycles. The molecular formula is C19H35N3O3S. The van der Waals surface area contributed by atoms with Crippen LogP contribution >= 0.6 is 0 Å². The van der Waals surface area contributed by atoms with Crippen LogP contribution in [0.25, 0.3) is 0 Å². The van der Waals surface area contributed by atoms with Crippen LogP contribution < -0.4 is 10.6 Å². The molecule has 4 aliphatic rings. The monoisotopic (exact) mass is 385 g/mol. The second kappa shape index (κ2) is 8.03. The van der Waals surface area contributed by atoms with Gasteiger partial charge < -0.3 is 10.1 Å². The van der Waals surface area contributed by atoms with Crippen molar-refractivity contribution in [3.05, 3.63) is 0 Å². The smallest absolute Gasteiger partial charge is 0.150 e. The molecule has 4 fully saturated rings. The van der Waals surface area contributed by atoms with Crippen LogP contribution in [0.2, 0.25) is 0 Å². The van der Waals surface area contributed by atoms with Crippen LogP contribution in [0, 0.1) is 11.8 Å². The number of likely N-dealkylation sites (tertiary alicyclic amines) is 1. The molecule has 0 aromatic rings. The molecule has 6 nitrogen and oxygen atoms in total. The molecule has 0 radical (unpaired) electrons. The molecule has 150 valence electrons. The predicted molar refractivity (Wildman–Crippen MR) is 103 cm³/mol. The number of piperidine rings is 1. The molecule has 0 bridgehead atoms. The lowest BCUT2D eigenvalue weighted by Crippen LogP contribution is -2.59. The van der Waals surface area contributed by atoms with E-state index in [4.69, 9.17) is 4.74 Å². The molecule has 4 rings (SSSR count). The van der Waals surface area contributed by atoms with Crippen molar-refractivity contribution in [1.82, 2.24) is 15.5 Å². The number of nitrogens with one attached hydrogen (secondary N) is 2. The molecule has 1 aliphatic carbocycles. The molecule has 4 atom stereocenters. The van der Waals surface area contributed by atoms with E-state index in [0.29, 0.717) is 24.3 Å². The maximum absolute atomic E-state index is 11.8. The van der Waals surface area contributed by atoms with Crippen molar-refractivity contribution in [2.45, 2.75) is 75.0 Å². The van der Waals surface area contributed by atoms with Crippen LogP contribution in [0.15, 0.2) is 0 Å². The topological polar surface area (TPSA) is 70.7 Å². The number of sulfone groups is 1. The van der Waals surface area contributed by atoms with Crippen molar-refractivity contribution in [2.75, 3.05) is 32.6 Å². The maximum atomic E-state index is 11.8. The molecule has 0 spiro atoms. The molecule has 7 heteroatoms. The van der Waals surface area contributed by atoms with E-state index in [1.807, 2.05) is 0 Å². The molecule has 3 aliphatic heterocycles. The second-order valence-corrected chi connectivity index (χ2v) is 11.3. The average molecular weight is 386 g/mol. The quantitative estimate of drug-likeness (QED) is 0.744. The maximum Gasteiger partial charge on any atom is 0.150 e. The zero-order valence-corrected chi connectivity index (χ0v) is 16.8. The highest BCUT2D eigenvalue weighted by molar-refractivity contribution is 7.91. The Morgan fingerprint density at radius 3 is 2.58 bits per heavy atom. The zero-order valence-electron chi connectivity index (χ0n) is 16.0. The van der Waals surface area contributed by atoms with E-state index in [1.54, 1.807) is 0 Å². The molecule has 3 saturated heterocycles. The van der Waals surface area contributed by atoms with Crippen molar-refractivity contribution < 1.29 is 13.2 Å². The first-order valence-electron chi connectivity index (χ1n) is 10.5. The summed E-state index contributed by atoms with van der Waals surface area (Å²) in [7, 11) is -2.87. The first-order chi connectivity index (χ1) is 12.5. The van der Waals surface area contributed by atoms with Gasteiger partial charge in [-0.15, -0.1) is 0 Å². The minimum atomic E-state index is -2.87. The summed E-state index contributed by atoms with van der Waals surface area (Å²) >= 11 is 0. The highest BCUT2D eigenvalue weighted by Crippen LogP contribution is 2.36. The fourth-order valence-corrected chi connectivity index (χ4v) is 6.64. The van der Waals surface area contributed by atoms with E-state index < -0.39 is 9.84 Å². The molecule has 4 unspecified atom stereocenters. The fraction of sp³-hybridized carbons (Fsp3) is 1.00. The van der Waals surface area contributed by atoms with Gasteiger partial charge in [0, 0.05) is 32.0 Å². The lowest BCUT2D eigenvalue weighted by atomic mass is 9.91. The highest BCUT2D eigenvalue weighted by atomic mass is 32.2. The van der Waals surface area contributed by atoms with Gasteiger partial charge in [-0.1, -0.05) is 0 Å². The van der Waals surface area contributed by atoms with Crippen LogP contribution in [-0.2, 0) is 14.6 Å². The summed E-state index contributed by atoms with van der Waals surface area (Å²) in [6, 6.07) is 0.553. The minimum absolute atomic E-state index is 0.112. The lowest BCUT2D eigenvalue weighted by molar-refractivity contribution is 0.0697. The Labute approximate surface area is 158 Å². The molecule has 3 heterocycles. The molecule has 0 aromatic heterocycles. The summed E-state index contributed by atoms with van der Waals surface area (Å²) in [6.45, 7) is 4.04. The van der Waals surface area contributed by atoms with Gasteiger partial charge in [0.2, 0.25) is 0 Å². The van der Waals surface area contributed by atoms with Crippen molar-refractivity contribution in [3.8, 4) is 0 Å². The van der Waals surface area contributed by atoms with Gasteiger partial charge in [0.05, 0.1) is 24.2 Å². The van der Waals surface area contributed by atoms with Gasteiger partial charge in [0.1, 0.15) is 9.84 Å². The molecule has 2 N–H and O–H groups in total. The normalized spacial score (nSPS) is 42.0. The number of rotatable bonds is 5. The molecule has 0 amide bonds. The molecular weight excluding hydrogens is 350 g/mol. The third-order valence-electron chi connectivity index (χ3n) is 7.16. The van der Waals surface area contributed by atoms with Gasteiger partial charge in [-0.25, -0.2) is 8.42 Å². The highest BCUT2D eigenvalue weighted by Gasteiger charge is 2.42. The third kappa shape index (κ3) is 4.27. The van der Waals surface area contributed by atoms with E-state index in [2.05, 4.69) is 15.5 Å². The first kappa shape index (κ1) is 19.1. The number of nitrogens with zero attached hydrogens (tertiary/aromatic N) is 1. The Kier molecular flexibility index (Phi) is 5.91. The van der Waals surface area contributed by atoms with Gasteiger partial charge in [-0.05, 0) is 63.2 Å². The van der Waals surface area contributed by atoms with E-state index in [9.17, 15) is 8.42 Å². The van der Waals surface area contributed by atoms with Crippen molar-refractivity contribution in [1.29, 1.82) is 0 Å². The van der Waals surface area contributed by atoms with Crippen LogP contribution in [0.5, 0.6) is 0 Å². The number of hydrogen-bond acceptors (Lipinski definition) is 6. The van der Waals surface area contributed by atoms with Gasteiger partial charge >= 0.3 is 0 Å². The lowest BCUT2D eigenvalue weighted by Gasteiger charge is -2.43. The number of hydrogen-bond donors (Lipinski definition) is 2. The SMILES string of the molecule is CS(=O)(=O)C1CCC(N2CCC3CCC(NCC4CCOC4)NC32)CC1. The standard InChI is InChI=1S/C19H35N3O3S/c1-26(23,24)17-5-3-16(4-6-17)22-10-8-15-2-7-18(21-19(15)22)20-12-14-9-11-25-13-14/h14-21H,2-13H2,1H3. The third-order valence-corrected chi connectivity index (χ3v) is 8.84. The Bertz CT molecular complexity index is 571. The Hall–Kier alpha value is -0.210. The largest absolute Gasteiger partial charge is 0.381 e. The van der Waals surface area contributed by atoms with Crippen LogP contribution in [-0.4, -0.2) is 69.5 Å². The summed E-state index contributed by atoms with van der Waals surface area (Å²) in [5, 5.41) is 7.50. The number of ether oxygens (including phenoxy) is 1. The summed E-state index contributed by atoms with van der Waals surface area (Å²) in [4.78, 5) is 2.66. The summed E-state index contributed by atoms with van der Waals surface area (Å²) in [5.74, 6) is 1.43. The first-order valence-corrected chi connectivity index (χ1v) is 12.5. The second-order valence-electron chi connectivity index (χ2n) is 8.93. The van der Waals surface area contributed by atoms with Gasteiger partial charge in [0.15, 0.2) is 0 Å². The average Bonchev–Trinajstić information content (AvgIpc) is 3.28. The minimum Gasteiger partial charge on any atom is -0.381 e. The van der Waals surface area contributed by atoms with E-state index in [0.717, 1.165) is 51.4 Å². The number of fused-ring (bicyclic) bond motifs is 1. The molecule has 26 heavy (non-hydrogen) atoms. The van der Waals surface area contributed by atoms with Gasteiger partial charge in [-0.2, -0.15) is 0 Å². The Morgan fingerprint density at radius 1 is 1.08 bits per heavy atom. The zero-order chi connectivity index (χ0) is 18.1. The van der Waals surface area contributed by atoms with E-state index in [1.165, 1.54) is 38.5 Å². The predicted octanol–water partition coefficient (Wildman–Crippen LogP) is 1.33. The fourth-order valence-electron chi connectivity index (χ4n) is 5.52. The Balaban J connectivity index is 1.29. The van der Waals surface area contributed by atoms with E-state index in [-0.39, 0.29) is 5.25 Å². The van der Waals surface area contributed by atoms with Crippen molar-refractivity contribution in [3.63, 3.8) is 0 Å². The van der Waals surface area contributed by atoms with Crippen molar-refractivity contribution in [2.24, 2.45) is 11.8 Å². The summed E-state index contributed by atoms with van der Waals surface area (Å²) in [6.07, 6.45) is 11.0. The van der Waals surface area contributed by atoms with E-state index >= 15 is 0 Å². The van der Waals surface area contributed by atoms with Gasteiger partial charge in [-0.3, -0.25) is 10.2 Å². The summed E-state index contributed by atoms with van der Waals surface area (Å²) in [5.41, 5.74) is 0. The summed E-state index contributed by atoms with van der Waals surface area (Å²) < 4.78 is 29.1. The molecule has 1 saturated carbocycles. The Morgan fingerprint density at radius 2 is 1.88 bits per heavy atom. The van der Waals surface area contributed by atoms with Crippen LogP contribution in [0.3, 0.4) is 0 Å². The van der Waals surface area contributed by atoms with Gasteiger partial charge in [0.25, 0.3) is 0 Å². The van der Waals surface area contributed by atoms with Crippen molar-refractivity contribution >= 4 is 9.84 Å². The van der Waals surface area contributed by atoms with Crippen LogP contribution in [0.1, 0.15) is 51.4 Å².